The van der Waals surface area contributed by atoms with Crippen molar-refractivity contribution in [3.05, 3.63) is 63.8 Å². The second kappa shape index (κ2) is 9.05. The lowest BCUT2D eigenvalue weighted by Crippen LogP contribution is -2.44. The minimum atomic E-state index is -4.40. The van der Waals surface area contributed by atoms with E-state index in [1.165, 1.54) is 12.1 Å². The van der Waals surface area contributed by atoms with Gasteiger partial charge in [0.2, 0.25) is 5.91 Å². The lowest BCUT2D eigenvalue weighted by atomic mass is 10.0. The fourth-order valence-electron chi connectivity index (χ4n) is 3.05. The van der Waals surface area contributed by atoms with Crippen LogP contribution in [0.4, 0.5) is 19.0 Å². The number of hydrogen-bond acceptors (Lipinski definition) is 3. The van der Waals surface area contributed by atoms with E-state index >= 15 is 0 Å². The van der Waals surface area contributed by atoms with E-state index < -0.39 is 11.7 Å². The number of nitrogens with one attached hydrogen (secondary N) is 1. The molecule has 0 atom stereocenters. The number of piperidine rings is 1. The summed E-state index contributed by atoms with van der Waals surface area (Å²) in [6, 6.07) is 7.38. The summed E-state index contributed by atoms with van der Waals surface area (Å²) in [5.41, 5.74) is -0.118. The summed E-state index contributed by atoms with van der Waals surface area (Å²) in [5.74, 6) is 0.255. The van der Waals surface area contributed by atoms with Crippen molar-refractivity contribution in [2.45, 2.75) is 25.1 Å². The number of benzene rings is 1. The van der Waals surface area contributed by atoms with Gasteiger partial charge in [0.1, 0.15) is 5.82 Å². The molecule has 154 valence electrons. The minimum Gasteiger partial charge on any atom is -0.356 e. The van der Waals surface area contributed by atoms with Gasteiger partial charge in [-0.1, -0.05) is 23.2 Å². The van der Waals surface area contributed by atoms with Gasteiger partial charge in [0.15, 0.2) is 0 Å². The highest BCUT2D eigenvalue weighted by Crippen LogP contribution is 2.29. The summed E-state index contributed by atoms with van der Waals surface area (Å²) < 4.78 is 37.9. The van der Waals surface area contributed by atoms with Gasteiger partial charge in [0.05, 0.1) is 5.56 Å². The molecule has 0 bridgehead atoms. The fourth-order valence-corrected chi connectivity index (χ4v) is 3.41. The number of anilines is 1. The molecular formula is C20H18Cl2F3N3O. The van der Waals surface area contributed by atoms with Crippen LogP contribution in [0.3, 0.4) is 0 Å². The standard InChI is InChI=1S/C20H18Cl2F3N3O/c21-15-3-4-17(22)13(11-15)1-6-19(29)27-16-7-9-28(10-8-16)18-5-2-14(12-26-18)20(23,24)25/h1-6,11-12,16H,7-10H2,(H,27,29)/b6-1+. The monoisotopic (exact) mass is 443 g/mol. The number of aromatic nitrogens is 1. The average molecular weight is 444 g/mol. The van der Waals surface area contributed by atoms with E-state index in [0.717, 1.165) is 12.3 Å². The van der Waals surface area contributed by atoms with Crippen molar-refractivity contribution in [3.63, 3.8) is 0 Å². The van der Waals surface area contributed by atoms with Gasteiger partial charge < -0.3 is 10.2 Å². The number of hydrogen-bond donors (Lipinski definition) is 1. The number of carbonyl (C=O) groups excluding carboxylic acids is 1. The van der Waals surface area contributed by atoms with Gasteiger partial charge in [-0.3, -0.25) is 4.79 Å². The van der Waals surface area contributed by atoms with Crippen LogP contribution < -0.4 is 10.2 Å². The zero-order valence-corrected chi connectivity index (χ0v) is 16.7. The molecule has 1 saturated heterocycles. The molecular weight excluding hydrogens is 426 g/mol. The quantitative estimate of drug-likeness (QED) is 0.659. The van der Waals surface area contributed by atoms with Gasteiger partial charge in [-0.2, -0.15) is 13.2 Å². The van der Waals surface area contributed by atoms with E-state index in [9.17, 15) is 18.0 Å². The van der Waals surface area contributed by atoms with Crippen LogP contribution in [-0.4, -0.2) is 30.0 Å². The van der Waals surface area contributed by atoms with Crippen LogP contribution >= 0.6 is 23.2 Å². The summed E-state index contributed by atoms with van der Waals surface area (Å²) in [6.45, 7) is 1.18. The topological polar surface area (TPSA) is 45.2 Å². The summed E-state index contributed by atoms with van der Waals surface area (Å²) in [6.07, 6.45) is 0.785. The van der Waals surface area contributed by atoms with Crippen LogP contribution in [0.2, 0.25) is 10.0 Å². The Balaban J connectivity index is 1.51. The summed E-state index contributed by atoms with van der Waals surface area (Å²) in [5, 5.41) is 3.95. The summed E-state index contributed by atoms with van der Waals surface area (Å²) in [7, 11) is 0. The second-order valence-electron chi connectivity index (χ2n) is 6.67. The van der Waals surface area contributed by atoms with Crippen LogP contribution in [-0.2, 0) is 11.0 Å². The van der Waals surface area contributed by atoms with Crippen molar-refractivity contribution in [1.82, 2.24) is 10.3 Å². The van der Waals surface area contributed by atoms with E-state index in [1.807, 2.05) is 4.90 Å². The van der Waals surface area contributed by atoms with Crippen molar-refractivity contribution in [2.75, 3.05) is 18.0 Å². The second-order valence-corrected chi connectivity index (χ2v) is 7.52. The highest BCUT2D eigenvalue weighted by Gasteiger charge is 2.31. The molecule has 2 aromatic rings. The van der Waals surface area contributed by atoms with Crippen molar-refractivity contribution >= 4 is 41.0 Å². The molecule has 0 spiro atoms. The molecule has 1 aromatic heterocycles. The first-order valence-corrected chi connectivity index (χ1v) is 9.70. The van der Waals surface area contributed by atoms with Crippen LogP contribution in [0.25, 0.3) is 6.08 Å². The number of pyridine rings is 1. The Bertz CT molecular complexity index is 893. The normalized spacial score (nSPS) is 15.7. The van der Waals surface area contributed by atoms with Gasteiger partial charge >= 0.3 is 6.18 Å². The number of alkyl halides is 3. The Kier molecular flexibility index (Phi) is 6.70. The Morgan fingerprint density at radius 2 is 1.90 bits per heavy atom. The maximum atomic E-state index is 12.6. The van der Waals surface area contributed by atoms with Gasteiger partial charge in [0.25, 0.3) is 0 Å². The highest BCUT2D eigenvalue weighted by atomic mass is 35.5. The maximum absolute atomic E-state index is 12.6. The molecule has 0 saturated carbocycles. The van der Waals surface area contributed by atoms with E-state index in [4.69, 9.17) is 23.2 Å². The van der Waals surface area contributed by atoms with Gasteiger partial charge in [-0.05, 0) is 54.8 Å². The lowest BCUT2D eigenvalue weighted by molar-refractivity contribution is -0.137. The van der Waals surface area contributed by atoms with E-state index in [2.05, 4.69) is 10.3 Å². The maximum Gasteiger partial charge on any atom is 0.417 e. The molecule has 4 nitrogen and oxygen atoms in total. The Labute approximate surface area is 176 Å². The molecule has 9 heteroatoms. The van der Waals surface area contributed by atoms with Crippen LogP contribution in [0.15, 0.2) is 42.6 Å². The molecule has 2 heterocycles. The molecule has 0 unspecified atom stereocenters. The molecule has 1 N–H and O–H groups in total. The smallest absolute Gasteiger partial charge is 0.356 e. The molecule has 1 fully saturated rings. The molecule has 1 aliphatic rings. The van der Waals surface area contributed by atoms with E-state index in [1.54, 1.807) is 24.3 Å². The third-order valence-corrected chi connectivity index (χ3v) is 5.19. The molecule has 1 aliphatic heterocycles. The zero-order chi connectivity index (χ0) is 21.0. The third-order valence-electron chi connectivity index (χ3n) is 4.61. The first kappa shape index (κ1) is 21.5. The van der Waals surface area contributed by atoms with Gasteiger partial charge in [-0.25, -0.2) is 4.98 Å². The molecule has 29 heavy (non-hydrogen) atoms. The number of carbonyl (C=O) groups is 1. The SMILES string of the molecule is O=C(/C=C/c1cc(Cl)ccc1Cl)NC1CCN(c2ccc(C(F)(F)F)cn2)CC1. The molecule has 1 aromatic carbocycles. The Morgan fingerprint density at radius 1 is 1.17 bits per heavy atom. The lowest BCUT2D eigenvalue weighted by Gasteiger charge is -2.33. The van der Waals surface area contributed by atoms with Crippen LogP contribution in [0.5, 0.6) is 0 Å². The first-order valence-electron chi connectivity index (χ1n) is 8.94. The van der Waals surface area contributed by atoms with Crippen molar-refractivity contribution in [1.29, 1.82) is 0 Å². The largest absolute Gasteiger partial charge is 0.417 e. The first-order chi connectivity index (χ1) is 13.7. The molecule has 0 radical (unpaired) electrons. The fraction of sp³-hybridized carbons (Fsp3) is 0.300. The zero-order valence-electron chi connectivity index (χ0n) is 15.2. The van der Waals surface area contributed by atoms with Crippen molar-refractivity contribution in [2.24, 2.45) is 0 Å². The highest BCUT2D eigenvalue weighted by molar-refractivity contribution is 6.34. The van der Waals surface area contributed by atoms with Crippen LogP contribution in [0.1, 0.15) is 24.0 Å². The number of halogens is 5. The molecule has 1 amide bonds. The molecule has 0 aliphatic carbocycles. The van der Waals surface area contributed by atoms with Crippen LogP contribution in [0, 0.1) is 0 Å². The van der Waals surface area contributed by atoms with E-state index in [-0.39, 0.29) is 11.9 Å². The minimum absolute atomic E-state index is 0.0207. The predicted octanol–water partition coefficient (Wildman–Crippen LogP) is 5.21. The van der Waals surface area contributed by atoms with Crippen molar-refractivity contribution in [3.8, 4) is 0 Å². The number of nitrogens with zero attached hydrogens (tertiary/aromatic N) is 2. The molecule has 3 rings (SSSR count). The Hall–Kier alpha value is -2.25. The summed E-state index contributed by atoms with van der Waals surface area (Å²) >= 11 is 12.0. The average Bonchev–Trinajstić information content (AvgIpc) is 2.69. The predicted molar refractivity (Wildman–Crippen MR) is 108 cm³/mol. The van der Waals surface area contributed by atoms with E-state index in [0.29, 0.717) is 47.4 Å². The number of rotatable bonds is 4. The number of amides is 1. The van der Waals surface area contributed by atoms with Crippen molar-refractivity contribution < 1.29 is 18.0 Å². The van der Waals surface area contributed by atoms with Gasteiger partial charge in [0, 0.05) is 41.4 Å². The summed E-state index contributed by atoms with van der Waals surface area (Å²) in [4.78, 5) is 18.0. The third kappa shape index (κ3) is 5.87. The van der Waals surface area contributed by atoms with Gasteiger partial charge in [-0.15, -0.1) is 0 Å². The Morgan fingerprint density at radius 3 is 2.52 bits per heavy atom.